The second kappa shape index (κ2) is 6.93. The van der Waals surface area contributed by atoms with Gasteiger partial charge < -0.3 is 10.1 Å². The molecular formula is C19H31NO. The first kappa shape index (κ1) is 16.5. The Hall–Kier alpha value is -0.860. The van der Waals surface area contributed by atoms with E-state index in [2.05, 4.69) is 64.2 Å². The molecule has 0 spiro atoms. The molecule has 118 valence electrons. The molecule has 2 rings (SSSR count). The molecule has 1 aromatic carbocycles. The molecule has 0 aromatic heterocycles. The third kappa shape index (κ3) is 3.49. The summed E-state index contributed by atoms with van der Waals surface area (Å²) in [6.07, 6.45) is 2.73. The third-order valence-corrected chi connectivity index (χ3v) is 5.31. The van der Waals surface area contributed by atoms with Crippen LogP contribution >= 0.6 is 0 Å². The van der Waals surface area contributed by atoms with E-state index in [4.69, 9.17) is 4.74 Å². The summed E-state index contributed by atoms with van der Waals surface area (Å²) in [6.45, 7) is 13.0. The summed E-state index contributed by atoms with van der Waals surface area (Å²) in [4.78, 5) is 0. The molecule has 0 amide bonds. The molecule has 1 fully saturated rings. The van der Waals surface area contributed by atoms with Crippen LogP contribution in [-0.2, 0) is 11.3 Å². The lowest BCUT2D eigenvalue weighted by Crippen LogP contribution is -2.61. The number of benzene rings is 1. The van der Waals surface area contributed by atoms with Crippen LogP contribution in [0.5, 0.6) is 0 Å². The Morgan fingerprint density at radius 2 is 1.90 bits per heavy atom. The summed E-state index contributed by atoms with van der Waals surface area (Å²) in [5.74, 6) is 0.606. The van der Waals surface area contributed by atoms with Crippen molar-refractivity contribution in [2.45, 2.75) is 72.1 Å². The number of hydrogen-bond donors (Lipinski definition) is 1. The van der Waals surface area contributed by atoms with Gasteiger partial charge in [-0.1, -0.05) is 52.0 Å². The minimum Gasteiger partial charge on any atom is -0.378 e. The highest BCUT2D eigenvalue weighted by atomic mass is 16.5. The molecule has 0 radical (unpaired) electrons. The first-order valence-electron chi connectivity index (χ1n) is 8.45. The topological polar surface area (TPSA) is 21.3 Å². The predicted octanol–water partition coefficient (Wildman–Crippen LogP) is 4.49. The fourth-order valence-electron chi connectivity index (χ4n) is 3.33. The molecular weight excluding hydrogens is 258 g/mol. The molecule has 2 heteroatoms. The van der Waals surface area contributed by atoms with Gasteiger partial charge >= 0.3 is 0 Å². The second-order valence-corrected chi connectivity index (χ2v) is 6.87. The molecule has 1 aliphatic rings. The Morgan fingerprint density at radius 3 is 2.43 bits per heavy atom. The van der Waals surface area contributed by atoms with E-state index in [0.717, 1.165) is 19.6 Å². The van der Waals surface area contributed by atoms with Gasteiger partial charge in [0, 0.05) is 24.6 Å². The Kier molecular flexibility index (Phi) is 5.45. The van der Waals surface area contributed by atoms with Gasteiger partial charge in [-0.15, -0.1) is 0 Å². The minimum atomic E-state index is 0.286. The van der Waals surface area contributed by atoms with Crippen LogP contribution in [0.4, 0.5) is 0 Å². The van der Waals surface area contributed by atoms with Gasteiger partial charge in [0.2, 0.25) is 0 Å². The summed E-state index contributed by atoms with van der Waals surface area (Å²) < 4.78 is 5.87. The zero-order chi connectivity index (χ0) is 15.5. The van der Waals surface area contributed by atoms with Crippen molar-refractivity contribution in [1.82, 2.24) is 5.32 Å². The van der Waals surface area contributed by atoms with Crippen molar-refractivity contribution in [2.24, 2.45) is 5.41 Å². The van der Waals surface area contributed by atoms with Gasteiger partial charge in [0.1, 0.15) is 0 Å². The smallest absolute Gasteiger partial charge is 0.0658 e. The summed E-state index contributed by atoms with van der Waals surface area (Å²) in [7, 11) is 0. The second-order valence-electron chi connectivity index (χ2n) is 6.87. The Bertz CT molecular complexity index is 439. The van der Waals surface area contributed by atoms with E-state index in [1.165, 1.54) is 17.5 Å². The Labute approximate surface area is 130 Å². The fraction of sp³-hybridized carbons (Fsp3) is 0.684. The molecule has 1 saturated carbocycles. The van der Waals surface area contributed by atoms with E-state index in [0.29, 0.717) is 18.1 Å². The van der Waals surface area contributed by atoms with Gasteiger partial charge in [-0.25, -0.2) is 0 Å². The lowest BCUT2D eigenvalue weighted by molar-refractivity contribution is -0.126. The van der Waals surface area contributed by atoms with Crippen LogP contribution in [0.3, 0.4) is 0 Å². The Balaban J connectivity index is 1.88. The molecule has 0 aliphatic heterocycles. The molecule has 1 N–H and O–H groups in total. The van der Waals surface area contributed by atoms with E-state index in [-0.39, 0.29) is 5.41 Å². The van der Waals surface area contributed by atoms with Crippen LogP contribution in [0.2, 0.25) is 0 Å². The minimum absolute atomic E-state index is 0.286. The molecule has 2 nitrogen and oxygen atoms in total. The summed E-state index contributed by atoms with van der Waals surface area (Å²) in [5, 5.41) is 3.73. The summed E-state index contributed by atoms with van der Waals surface area (Å²) in [6, 6.07) is 9.59. The van der Waals surface area contributed by atoms with Crippen molar-refractivity contribution in [1.29, 1.82) is 0 Å². The first-order valence-corrected chi connectivity index (χ1v) is 8.45. The molecule has 0 saturated heterocycles. The summed E-state index contributed by atoms with van der Waals surface area (Å²) >= 11 is 0. The maximum Gasteiger partial charge on any atom is 0.0658 e. The molecule has 1 aromatic rings. The zero-order valence-corrected chi connectivity index (χ0v) is 14.3. The Morgan fingerprint density at radius 1 is 1.24 bits per heavy atom. The molecule has 0 bridgehead atoms. The normalized spacial score (nSPS) is 28.7. The van der Waals surface area contributed by atoms with Crippen molar-refractivity contribution in [2.75, 3.05) is 6.61 Å². The van der Waals surface area contributed by atoms with E-state index in [1.807, 2.05) is 0 Å². The average Bonchev–Trinajstić information content (AvgIpc) is 2.49. The number of ether oxygens (including phenoxy) is 1. The summed E-state index contributed by atoms with van der Waals surface area (Å²) in [5.41, 5.74) is 3.07. The van der Waals surface area contributed by atoms with Crippen LogP contribution in [0.25, 0.3) is 0 Å². The predicted molar refractivity (Wildman–Crippen MR) is 89.6 cm³/mol. The average molecular weight is 289 g/mol. The fourth-order valence-corrected chi connectivity index (χ4v) is 3.33. The van der Waals surface area contributed by atoms with Crippen LogP contribution in [0, 0.1) is 5.41 Å². The maximum atomic E-state index is 5.87. The van der Waals surface area contributed by atoms with Crippen molar-refractivity contribution in [3.63, 3.8) is 0 Å². The zero-order valence-electron chi connectivity index (χ0n) is 14.3. The molecule has 0 heterocycles. The molecule has 3 atom stereocenters. The number of nitrogens with one attached hydrogen (secondary N) is 1. The monoisotopic (exact) mass is 289 g/mol. The van der Waals surface area contributed by atoms with Crippen LogP contribution in [0.15, 0.2) is 24.3 Å². The van der Waals surface area contributed by atoms with Crippen LogP contribution in [-0.4, -0.2) is 18.8 Å². The SMILES string of the molecule is CCOC1CC(NCc2ccc(C(C)C)cc2)C1(C)CC. The molecule has 1 aliphatic carbocycles. The van der Waals surface area contributed by atoms with E-state index >= 15 is 0 Å². The quantitative estimate of drug-likeness (QED) is 0.798. The van der Waals surface area contributed by atoms with E-state index in [9.17, 15) is 0 Å². The van der Waals surface area contributed by atoms with Crippen LogP contribution in [0.1, 0.15) is 64.5 Å². The van der Waals surface area contributed by atoms with Crippen molar-refractivity contribution >= 4 is 0 Å². The highest BCUT2D eigenvalue weighted by Crippen LogP contribution is 2.45. The number of rotatable bonds is 7. The van der Waals surface area contributed by atoms with Crippen molar-refractivity contribution < 1.29 is 4.74 Å². The maximum absolute atomic E-state index is 5.87. The highest BCUT2D eigenvalue weighted by molar-refractivity contribution is 5.24. The number of hydrogen-bond acceptors (Lipinski definition) is 2. The van der Waals surface area contributed by atoms with Gasteiger partial charge in [0.15, 0.2) is 0 Å². The van der Waals surface area contributed by atoms with Gasteiger partial charge in [0.05, 0.1) is 6.10 Å². The molecule has 21 heavy (non-hydrogen) atoms. The first-order chi connectivity index (χ1) is 10.0. The van der Waals surface area contributed by atoms with E-state index < -0.39 is 0 Å². The molecule has 3 unspecified atom stereocenters. The lowest BCUT2D eigenvalue weighted by Gasteiger charge is -2.53. The standard InChI is InChI=1S/C19H31NO/c1-6-19(5)17(12-18(19)21-7-2)20-13-15-8-10-16(11-9-15)14(3)4/h8-11,14,17-18,20H,6-7,12-13H2,1-5H3. The third-order valence-electron chi connectivity index (χ3n) is 5.31. The van der Waals surface area contributed by atoms with Crippen molar-refractivity contribution in [3.8, 4) is 0 Å². The van der Waals surface area contributed by atoms with Gasteiger partial charge in [0.25, 0.3) is 0 Å². The largest absolute Gasteiger partial charge is 0.378 e. The van der Waals surface area contributed by atoms with Gasteiger partial charge in [-0.2, -0.15) is 0 Å². The highest BCUT2D eigenvalue weighted by Gasteiger charge is 2.50. The van der Waals surface area contributed by atoms with E-state index in [1.54, 1.807) is 0 Å². The van der Waals surface area contributed by atoms with Crippen molar-refractivity contribution in [3.05, 3.63) is 35.4 Å². The van der Waals surface area contributed by atoms with Crippen LogP contribution < -0.4 is 5.32 Å². The van der Waals surface area contributed by atoms with Gasteiger partial charge in [-0.05, 0) is 36.8 Å². The van der Waals surface area contributed by atoms with Gasteiger partial charge in [-0.3, -0.25) is 0 Å². The lowest BCUT2D eigenvalue weighted by atomic mass is 9.61.